The zero-order valence-corrected chi connectivity index (χ0v) is 15.4. The third-order valence-corrected chi connectivity index (χ3v) is 5.56. The predicted molar refractivity (Wildman–Crippen MR) is 105 cm³/mol. The molecular weight excluding hydrogens is 338 g/mol. The number of ketones is 1. The fraction of sp³-hybridized carbons (Fsp3) is 0.364. The summed E-state index contributed by atoms with van der Waals surface area (Å²) in [6.45, 7) is 5.59. The molecule has 1 amide bonds. The van der Waals surface area contributed by atoms with Crippen molar-refractivity contribution in [3.05, 3.63) is 71.3 Å². The van der Waals surface area contributed by atoms with Gasteiger partial charge in [-0.05, 0) is 12.5 Å². The van der Waals surface area contributed by atoms with Gasteiger partial charge in [0, 0.05) is 56.4 Å². The van der Waals surface area contributed by atoms with Crippen LogP contribution in [0.3, 0.4) is 0 Å². The minimum atomic E-state index is -0.0996. The van der Waals surface area contributed by atoms with E-state index >= 15 is 0 Å². The van der Waals surface area contributed by atoms with Crippen molar-refractivity contribution in [2.24, 2.45) is 0 Å². The Labute approximate surface area is 160 Å². The normalized spacial score (nSPS) is 20.6. The second-order valence-corrected chi connectivity index (χ2v) is 7.22. The average Bonchev–Trinajstić information content (AvgIpc) is 3.24. The van der Waals surface area contributed by atoms with Crippen LogP contribution in [0.1, 0.15) is 32.7 Å². The van der Waals surface area contributed by atoms with Gasteiger partial charge in [-0.15, -0.1) is 0 Å². The van der Waals surface area contributed by atoms with Crippen LogP contribution < -0.4 is 5.32 Å². The summed E-state index contributed by atoms with van der Waals surface area (Å²) in [7, 11) is 0. The van der Waals surface area contributed by atoms with Crippen LogP contribution in [0.2, 0.25) is 0 Å². The maximum absolute atomic E-state index is 13.2. The molecule has 140 valence electrons. The standard InChI is InChI=1S/C22H25N3O2/c26-21(17-6-2-1-3-7-17)19-8-4-5-9-20(19)22(27)25-13-10-18(16-25)24-14-11-23-12-15-24/h1-9,18,23H,10-16H2. The number of nitrogens with one attached hydrogen (secondary N) is 1. The molecule has 2 heterocycles. The lowest BCUT2D eigenvalue weighted by Crippen LogP contribution is -2.49. The number of benzene rings is 2. The lowest BCUT2D eigenvalue weighted by molar-refractivity contribution is 0.0769. The Balaban J connectivity index is 1.52. The number of hydrogen-bond donors (Lipinski definition) is 1. The lowest BCUT2D eigenvalue weighted by atomic mass is 9.97. The van der Waals surface area contributed by atoms with Crippen LogP contribution >= 0.6 is 0 Å². The van der Waals surface area contributed by atoms with E-state index in [2.05, 4.69) is 10.2 Å². The van der Waals surface area contributed by atoms with E-state index in [1.165, 1.54) is 0 Å². The summed E-state index contributed by atoms with van der Waals surface area (Å²) in [5.41, 5.74) is 1.60. The summed E-state index contributed by atoms with van der Waals surface area (Å²) in [5.74, 6) is -0.134. The smallest absolute Gasteiger partial charge is 0.254 e. The molecule has 0 aromatic heterocycles. The van der Waals surface area contributed by atoms with E-state index < -0.39 is 0 Å². The van der Waals surface area contributed by atoms with Gasteiger partial charge >= 0.3 is 0 Å². The number of rotatable bonds is 4. The van der Waals surface area contributed by atoms with E-state index in [4.69, 9.17) is 0 Å². The molecule has 2 aliphatic rings. The van der Waals surface area contributed by atoms with Gasteiger partial charge in [0.25, 0.3) is 5.91 Å². The minimum Gasteiger partial charge on any atom is -0.337 e. The summed E-state index contributed by atoms with van der Waals surface area (Å²) in [5, 5.41) is 3.37. The molecule has 2 aliphatic heterocycles. The number of carbonyl (C=O) groups is 2. The molecule has 5 nitrogen and oxygen atoms in total. The van der Waals surface area contributed by atoms with Crippen molar-refractivity contribution in [1.82, 2.24) is 15.1 Å². The minimum absolute atomic E-state index is 0.0347. The van der Waals surface area contributed by atoms with Gasteiger partial charge in [0.2, 0.25) is 0 Å². The Morgan fingerprint density at radius 2 is 1.52 bits per heavy atom. The summed E-state index contributed by atoms with van der Waals surface area (Å²) in [4.78, 5) is 30.5. The average molecular weight is 363 g/mol. The van der Waals surface area contributed by atoms with Crippen LogP contribution in [0, 0.1) is 0 Å². The lowest BCUT2D eigenvalue weighted by Gasteiger charge is -2.32. The fourth-order valence-electron chi connectivity index (χ4n) is 4.05. The Hall–Kier alpha value is -2.50. The Bertz CT molecular complexity index is 815. The first-order chi connectivity index (χ1) is 13.2. The number of likely N-dealkylation sites (tertiary alicyclic amines) is 1. The van der Waals surface area contributed by atoms with Crippen molar-refractivity contribution in [2.75, 3.05) is 39.3 Å². The summed E-state index contributed by atoms with van der Waals surface area (Å²) in [6, 6.07) is 16.8. The molecule has 2 saturated heterocycles. The van der Waals surface area contributed by atoms with E-state index in [-0.39, 0.29) is 11.7 Å². The maximum atomic E-state index is 13.2. The van der Waals surface area contributed by atoms with Crippen LogP contribution in [0.15, 0.2) is 54.6 Å². The predicted octanol–water partition coefficient (Wildman–Crippen LogP) is 2.04. The molecule has 1 atom stereocenters. The second kappa shape index (κ2) is 8.03. The third-order valence-electron chi connectivity index (χ3n) is 5.56. The van der Waals surface area contributed by atoms with Crippen LogP contribution in [0.25, 0.3) is 0 Å². The third kappa shape index (κ3) is 3.80. The Morgan fingerprint density at radius 1 is 0.852 bits per heavy atom. The molecular formula is C22H25N3O2. The zero-order chi connectivity index (χ0) is 18.6. The highest BCUT2D eigenvalue weighted by atomic mass is 16.2. The monoisotopic (exact) mass is 363 g/mol. The van der Waals surface area contributed by atoms with Crippen molar-refractivity contribution >= 4 is 11.7 Å². The van der Waals surface area contributed by atoms with E-state index in [0.717, 1.165) is 45.7 Å². The fourth-order valence-corrected chi connectivity index (χ4v) is 4.05. The molecule has 0 aliphatic carbocycles. The molecule has 5 heteroatoms. The highest BCUT2D eigenvalue weighted by molar-refractivity contribution is 6.15. The number of hydrogen-bond acceptors (Lipinski definition) is 4. The van der Waals surface area contributed by atoms with Crippen LogP contribution in [0.4, 0.5) is 0 Å². The van der Waals surface area contributed by atoms with E-state index in [9.17, 15) is 9.59 Å². The van der Waals surface area contributed by atoms with Crippen molar-refractivity contribution < 1.29 is 9.59 Å². The molecule has 0 bridgehead atoms. The molecule has 27 heavy (non-hydrogen) atoms. The first-order valence-electron chi connectivity index (χ1n) is 9.67. The van der Waals surface area contributed by atoms with Gasteiger partial charge in [-0.25, -0.2) is 0 Å². The van der Waals surface area contributed by atoms with Crippen LogP contribution in [-0.2, 0) is 0 Å². The molecule has 0 saturated carbocycles. The topological polar surface area (TPSA) is 52.7 Å². The molecule has 0 radical (unpaired) electrons. The quantitative estimate of drug-likeness (QED) is 0.845. The van der Waals surface area contributed by atoms with Crippen LogP contribution in [0.5, 0.6) is 0 Å². The van der Waals surface area contributed by atoms with Crippen molar-refractivity contribution in [2.45, 2.75) is 12.5 Å². The molecule has 1 unspecified atom stereocenters. The highest BCUT2D eigenvalue weighted by Gasteiger charge is 2.32. The molecule has 2 aromatic rings. The van der Waals surface area contributed by atoms with Gasteiger partial charge in [-0.2, -0.15) is 0 Å². The Morgan fingerprint density at radius 3 is 2.26 bits per heavy atom. The van der Waals surface area contributed by atoms with E-state index in [1.807, 2.05) is 35.2 Å². The molecule has 0 spiro atoms. The van der Waals surface area contributed by atoms with Crippen molar-refractivity contribution in [1.29, 1.82) is 0 Å². The number of nitrogens with zero attached hydrogens (tertiary/aromatic N) is 2. The van der Waals surface area contributed by atoms with Gasteiger partial charge < -0.3 is 10.2 Å². The highest BCUT2D eigenvalue weighted by Crippen LogP contribution is 2.22. The van der Waals surface area contributed by atoms with Gasteiger partial charge in [0.1, 0.15) is 0 Å². The van der Waals surface area contributed by atoms with E-state index in [0.29, 0.717) is 22.7 Å². The SMILES string of the molecule is O=C(c1ccccc1)c1ccccc1C(=O)N1CCC(N2CCNCC2)C1. The zero-order valence-electron chi connectivity index (χ0n) is 15.4. The van der Waals surface area contributed by atoms with Gasteiger partial charge in [-0.1, -0.05) is 48.5 Å². The summed E-state index contributed by atoms with van der Waals surface area (Å²) in [6.07, 6.45) is 1.00. The molecule has 2 aromatic carbocycles. The van der Waals surface area contributed by atoms with Gasteiger partial charge in [0.15, 0.2) is 5.78 Å². The number of piperazine rings is 1. The Kier molecular flexibility index (Phi) is 5.32. The summed E-state index contributed by atoms with van der Waals surface area (Å²) >= 11 is 0. The van der Waals surface area contributed by atoms with Crippen LogP contribution in [-0.4, -0.2) is 66.8 Å². The maximum Gasteiger partial charge on any atom is 0.254 e. The van der Waals surface area contributed by atoms with Gasteiger partial charge in [0.05, 0.1) is 5.56 Å². The van der Waals surface area contributed by atoms with Gasteiger partial charge in [-0.3, -0.25) is 14.5 Å². The van der Waals surface area contributed by atoms with Crippen molar-refractivity contribution in [3.8, 4) is 0 Å². The largest absolute Gasteiger partial charge is 0.337 e. The first-order valence-corrected chi connectivity index (χ1v) is 9.67. The molecule has 4 rings (SSSR count). The number of carbonyl (C=O) groups excluding carboxylic acids is 2. The second-order valence-electron chi connectivity index (χ2n) is 7.22. The first kappa shape index (κ1) is 17.9. The summed E-state index contributed by atoms with van der Waals surface area (Å²) < 4.78 is 0. The number of amides is 1. The van der Waals surface area contributed by atoms with E-state index in [1.54, 1.807) is 24.3 Å². The molecule has 1 N–H and O–H groups in total. The van der Waals surface area contributed by atoms with Crippen molar-refractivity contribution in [3.63, 3.8) is 0 Å². The molecule has 2 fully saturated rings.